The Kier molecular flexibility index (Phi) is 39.6. The first-order chi connectivity index (χ1) is 26.8. The second kappa shape index (κ2) is 41.3. The molecule has 0 saturated carbocycles. The summed E-state index contributed by atoms with van der Waals surface area (Å²) >= 11 is 0. The van der Waals surface area contributed by atoms with Crippen molar-refractivity contribution in [3.05, 3.63) is 60.8 Å². The molecule has 2 atom stereocenters. The fourth-order valence-corrected chi connectivity index (χ4v) is 6.44. The fraction of sp³-hybridized carbons (Fsp3) is 0.733. The van der Waals surface area contributed by atoms with E-state index in [0.29, 0.717) is 12.8 Å². The van der Waals surface area contributed by atoms with Crippen molar-refractivity contribution < 1.29 is 37.6 Å². The first-order valence-electron chi connectivity index (χ1n) is 21.8. The molecule has 55 heavy (non-hydrogen) atoms. The lowest BCUT2D eigenvalue weighted by Gasteiger charge is -2.19. The van der Waals surface area contributed by atoms with Crippen LogP contribution in [-0.4, -0.2) is 49.3 Å². The van der Waals surface area contributed by atoms with Gasteiger partial charge in [-0.2, -0.15) is 0 Å². The van der Waals surface area contributed by atoms with E-state index in [1.807, 2.05) is 0 Å². The van der Waals surface area contributed by atoms with Gasteiger partial charge >= 0.3 is 19.8 Å². The van der Waals surface area contributed by atoms with E-state index >= 15 is 0 Å². The predicted molar refractivity (Wildman–Crippen MR) is 229 cm³/mol. The maximum Gasteiger partial charge on any atom is 0.472 e. The molecule has 0 aliphatic heterocycles. The molecule has 0 radical (unpaired) electrons. The average molecular weight is 794 g/mol. The number of phosphoric ester groups is 1. The van der Waals surface area contributed by atoms with Gasteiger partial charge in [0.25, 0.3) is 0 Å². The number of allylic oxidation sites excluding steroid dienone is 10. The number of esters is 2. The van der Waals surface area contributed by atoms with Crippen molar-refractivity contribution in [2.24, 2.45) is 5.73 Å². The Labute approximate surface area is 336 Å². The van der Waals surface area contributed by atoms with Crippen molar-refractivity contribution in [3.8, 4) is 0 Å². The molecule has 318 valence electrons. The van der Waals surface area contributed by atoms with Crippen LogP contribution in [0.2, 0.25) is 0 Å². The number of hydrogen-bond donors (Lipinski definition) is 2. The molecule has 0 saturated heterocycles. The van der Waals surface area contributed by atoms with Crippen LogP contribution in [0.5, 0.6) is 0 Å². The first kappa shape index (κ1) is 52.7. The van der Waals surface area contributed by atoms with Crippen LogP contribution < -0.4 is 5.73 Å². The second-order valence-electron chi connectivity index (χ2n) is 14.2. The molecule has 0 aromatic carbocycles. The molecule has 2 unspecified atom stereocenters. The molecule has 0 rings (SSSR count). The van der Waals surface area contributed by atoms with Gasteiger partial charge in [-0.3, -0.25) is 18.6 Å². The zero-order valence-electron chi connectivity index (χ0n) is 34.9. The lowest BCUT2D eigenvalue weighted by Crippen LogP contribution is -2.29. The molecule has 0 aliphatic rings. The van der Waals surface area contributed by atoms with Crippen LogP contribution >= 0.6 is 7.82 Å². The third-order valence-electron chi connectivity index (χ3n) is 8.89. The smallest absolute Gasteiger partial charge is 0.462 e. The lowest BCUT2D eigenvalue weighted by molar-refractivity contribution is -0.161. The standard InChI is InChI=1S/C45H80NO8P/c1-3-5-7-9-11-13-15-17-19-20-21-22-24-26-28-30-32-34-36-38-45(48)54-43(42-53-55(49,50)52-40-39-46)41-51-44(47)37-35-33-31-29-27-25-23-18-16-14-12-10-8-6-4-2/h6,8,11-14,17-19,23,43H,3-5,7,9-10,15-16,20-22,24-42,46H2,1-2H3,(H,49,50). The largest absolute Gasteiger partial charge is 0.472 e. The van der Waals surface area contributed by atoms with Crippen LogP contribution in [-0.2, 0) is 32.7 Å². The van der Waals surface area contributed by atoms with E-state index in [-0.39, 0.29) is 32.6 Å². The Hall–Kier alpha value is -2.29. The van der Waals surface area contributed by atoms with E-state index in [1.165, 1.54) is 57.8 Å². The summed E-state index contributed by atoms with van der Waals surface area (Å²) in [6, 6.07) is 0. The van der Waals surface area contributed by atoms with Crippen LogP contribution in [0.1, 0.15) is 181 Å². The molecule has 0 aliphatic carbocycles. The minimum absolute atomic E-state index is 0.0476. The topological polar surface area (TPSA) is 134 Å². The molecule has 0 spiro atoms. The summed E-state index contributed by atoms with van der Waals surface area (Å²) in [4.78, 5) is 34.9. The molecular formula is C45H80NO8P. The quantitative estimate of drug-likeness (QED) is 0.0269. The van der Waals surface area contributed by atoms with Crippen molar-refractivity contribution in [2.75, 3.05) is 26.4 Å². The molecule has 0 fully saturated rings. The summed E-state index contributed by atoms with van der Waals surface area (Å²) in [6.45, 7) is 3.56. The number of hydrogen-bond acceptors (Lipinski definition) is 8. The van der Waals surface area contributed by atoms with Gasteiger partial charge in [-0.05, 0) is 77.0 Å². The monoisotopic (exact) mass is 794 g/mol. The minimum Gasteiger partial charge on any atom is -0.462 e. The number of nitrogens with two attached hydrogens (primary N) is 1. The normalized spacial score (nSPS) is 13.9. The van der Waals surface area contributed by atoms with E-state index in [2.05, 4.69) is 74.6 Å². The fourth-order valence-electron chi connectivity index (χ4n) is 5.68. The third kappa shape index (κ3) is 41.2. The molecule has 9 nitrogen and oxygen atoms in total. The second-order valence-corrected chi connectivity index (χ2v) is 15.6. The van der Waals surface area contributed by atoms with Crippen molar-refractivity contribution in [1.82, 2.24) is 0 Å². The summed E-state index contributed by atoms with van der Waals surface area (Å²) < 4.78 is 32.8. The average Bonchev–Trinajstić information content (AvgIpc) is 3.17. The number of rotatable bonds is 40. The number of unbranched alkanes of at least 4 members (excludes halogenated alkanes) is 17. The van der Waals surface area contributed by atoms with Gasteiger partial charge in [0.15, 0.2) is 6.10 Å². The van der Waals surface area contributed by atoms with Gasteiger partial charge in [-0.1, -0.05) is 152 Å². The molecular weight excluding hydrogens is 713 g/mol. The van der Waals surface area contributed by atoms with E-state index in [9.17, 15) is 19.0 Å². The maximum atomic E-state index is 12.6. The number of ether oxygens (including phenoxy) is 2. The van der Waals surface area contributed by atoms with Crippen LogP contribution in [0.3, 0.4) is 0 Å². The van der Waals surface area contributed by atoms with E-state index in [4.69, 9.17) is 24.3 Å². The maximum absolute atomic E-state index is 12.6. The molecule has 10 heteroatoms. The van der Waals surface area contributed by atoms with Gasteiger partial charge in [-0.15, -0.1) is 0 Å². The highest BCUT2D eigenvalue weighted by Crippen LogP contribution is 2.43. The molecule has 0 bridgehead atoms. The van der Waals surface area contributed by atoms with E-state index < -0.39 is 32.5 Å². The summed E-state index contributed by atoms with van der Waals surface area (Å²) in [5.74, 6) is -0.856. The third-order valence-corrected chi connectivity index (χ3v) is 9.87. The Balaban J connectivity index is 4.17. The van der Waals surface area contributed by atoms with Crippen molar-refractivity contribution in [1.29, 1.82) is 0 Å². The summed E-state index contributed by atoms with van der Waals surface area (Å²) in [5, 5.41) is 0. The highest BCUT2D eigenvalue weighted by molar-refractivity contribution is 7.47. The zero-order chi connectivity index (χ0) is 40.3. The number of carbonyl (C=O) groups is 2. The minimum atomic E-state index is -4.38. The van der Waals surface area contributed by atoms with Gasteiger partial charge in [0.05, 0.1) is 13.2 Å². The Bertz CT molecular complexity index is 1090. The highest BCUT2D eigenvalue weighted by Gasteiger charge is 2.26. The van der Waals surface area contributed by atoms with Crippen LogP contribution in [0.15, 0.2) is 60.8 Å². The molecule has 0 aromatic rings. The molecule has 0 heterocycles. The van der Waals surface area contributed by atoms with Crippen molar-refractivity contribution in [3.63, 3.8) is 0 Å². The number of carbonyl (C=O) groups excluding carboxylic acids is 2. The first-order valence-corrected chi connectivity index (χ1v) is 23.3. The van der Waals surface area contributed by atoms with E-state index in [0.717, 1.165) is 83.5 Å². The van der Waals surface area contributed by atoms with Gasteiger partial charge in [0.1, 0.15) is 6.61 Å². The van der Waals surface area contributed by atoms with Gasteiger partial charge < -0.3 is 20.1 Å². The lowest BCUT2D eigenvalue weighted by atomic mass is 10.1. The van der Waals surface area contributed by atoms with Gasteiger partial charge in [-0.25, -0.2) is 4.57 Å². The Morgan fingerprint density at radius 1 is 0.564 bits per heavy atom. The Morgan fingerprint density at radius 3 is 1.49 bits per heavy atom. The predicted octanol–water partition coefficient (Wildman–Crippen LogP) is 12.5. The highest BCUT2D eigenvalue weighted by atomic mass is 31.2. The SMILES string of the molecule is CCC=CCC=CCC=CCCCCCCCC(=O)OCC(COP(=O)(O)OCCN)OC(=O)CCCCCCCCCCCC=CCC=CCCCCC. The van der Waals surface area contributed by atoms with Crippen molar-refractivity contribution >= 4 is 19.8 Å². The Morgan fingerprint density at radius 2 is 1.00 bits per heavy atom. The number of phosphoric acid groups is 1. The van der Waals surface area contributed by atoms with E-state index in [1.54, 1.807) is 0 Å². The molecule has 0 amide bonds. The van der Waals surface area contributed by atoms with Gasteiger partial charge in [0, 0.05) is 19.4 Å². The van der Waals surface area contributed by atoms with Crippen LogP contribution in [0, 0.1) is 0 Å². The summed E-state index contributed by atoms with van der Waals surface area (Å²) in [5.41, 5.74) is 5.35. The molecule has 0 aromatic heterocycles. The molecule has 3 N–H and O–H groups in total. The van der Waals surface area contributed by atoms with Crippen molar-refractivity contribution in [2.45, 2.75) is 187 Å². The van der Waals surface area contributed by atoms with Crippen LogP contribution in [0.4, 0.5) is 0 Å². The summed E-state index contributed by atoms with van der Waals surface area (Å²) in [6.07, 6.45) is 48.2. The zero-order valence-corrected chi connectivity index (χ0v) is 35.8. The summed E-state index contributed by atoms with van der Waals surface area (Å²) in [7, 11) is -4.38. The van der Waals surface area contributed by atoms with Gasteiger partial charge in [0.2, 0.25) is 0 Å². The van der Waals surface area contributed by atoms with Crippen LogP contribution in [0.25, 0.3) is 0 Å².